The molecule has 0 bridgehead atoms. The van der Waals surface area contributed by atoms with Gasteiger partial charge in [-0.25, -0.2) is 14.8 Å². The molecule has 3 aliphatic rings. The second kappa shape index (κ2) is 11.4. The van der Waals surface area contributed by atoms with Crippen LogP contribution in [0.15, 0.2) is 0 Å². The number of carbonyl (C=O) groups is 1. The molecule has 3 rings (SSSR count). The van der Waals surface area contributed by atoms with Crippen LogP contribution in [0.5, 0.6) is 0 Å². The van der Waals surface area contributed by atoms with Gasteiger partial charge in [0.15, 0.2) is 0 Å². The van der Waals surface area contributed by atoms with E-state index >= 15 is 0 Å². The number of hydrazine groups is 1. The summed E-state index contributed by atoms with van der Waals surface area (Å²) in [5.74, 6) is -0.154. The summed E-state index contributed by atoms with van der Waals surface area (Å²) in [5, 5.41) is 1.50. The molecule has 1 amide bonds. The maximum Gasteiger partial charge on any atom is 0.242 e. The number of ether oxygens (including phenoxy) is 1. The molecule has 3 unspecified atom stereocenters. The number of rotatable bonds is 4. The van der Waals surface area contributed by atoms with Crippen molar-refractivity contribution < 1.29 is 13.9 Å². The number of hydrogen-bond acceptors (Lipinski definition) is 5. The average Bonchev–Trinajstić information content (AvgIpc) is 3.01. The Morgan fingerprint density at radius 2 is 1.70 bits per heavy atom. The molecule has 3 N–H and O–H groups in total. The first kappa shape index (κ1) is 24.2. The topological polar surface area (TPSA) is 70.8 Å². The Morgan fingerprint density at radius 3 is 2.27 bits per heavy atom. The van der Waals surface area contributed by atoms with Gasteiger partial charge in [-0.2, -0.15) is 0 Å². The van der Waals surface area contributed by atoms with Crippen LogP contribution in [0.25, 0.3) is 0 Å². The predicted molar refractivity (Wildman–Crippen MR) is 118 cm³/mol. The Hall–Kier alpha value is -0.470. The van der Waals surface area contributed by atoms with Crippen molar-refractivity contribution >= 4 is 17.5 Å². The van der Waals surface area contributed by atoms with Crippen LogP contribution in [0.4, 0.5) is 4.39 Å². The van der Waals surface area contributed by atoms with Crippen LogP contribution in [-0.4, -0.2) is 70.9 Å². The van der Waals surface area contributed by atoms with E-state index < -0.39 is 29.9 Å². The largest absolute Gasteiger partial charge is 0.372 e. The van der Waals surface area contributed by atoms with E-state index in [9.17, 15) is 9.18 Å². The molecule has 0 aromatic carbocycles. The fourth-order valence-electron chi connectivity index (χ4n) is 5.06. The van der Waals surface area contributed by atoms with Crippen LogP contribution in [0.3, 0.4) is 0 Å². The molecule has 0 aromatic heterocycles. The number of halogens is 2. The van der Waals surface area contributed by atoms with Crippen LogP contribution in [0.1, 0.15) is 78.1 Å². The first-order valence-corrected chi connectivity index (χ1v) is 12.3. The molecule has 0 radical (unpaired) electrons. The summed E-state index contributed by atoms with van der Waals surface area (Å²) in [6.45, 7) is 4.34. The third kappa shape index (κ3) is 6.06. The molecular formula is C22H40ClFN4O2. The standard InChI is InChI=1S/C22H40ClFN4O2/c1-15(2)30-18-12-13-27(14-17(18)24)22(29)20-19(23)21(25)28(26-20)16-10-8-6-4-3-5-7-9-11-16/h15-21,26H,3-14,25H2,1-2H3/t17-,18+,19?,20?,21?/m1/s1. The summed E-state index contributed by atoms with van der Waals surface area (Å²) < 4.78 is 20.2. The van der Waals surface area contributed by atoms with Gasteiger partial charge in [0.1, 0.15) is 12.2 Å². The molecule has 1 saturated carbocycles. The molecule has 30 heavy (non-hydrogen) atoms. The molecule has 6 nitrogen and oxygen atoms in total. The molecule has 174 valence electrons. The second-order valence-corrected chi connectivity index (χ2v) is 9.97. The molecule has 0 spiro atoms. The van der Waals surface area contributed by atoms with E-state index in [-0.39, 0.29) is 24.6 Å². The predicted octanol–water partition coefficient (Wildman–Crippen LogP) is 3.32. The van der Waals surface area contributed by atoms with E-state index in [1.165, 1.54) is 44.9 Å². The summed E-state index contributed by atoms with van der Waals surface area (Å²) in [4.78, 5) is 14.8. The fraction of sp³-hybridized carbons (Fsp3) is 0.955. The quantitative estimate of drug-likeness (QED) is 0.648. The highest BCUT2D eigenvalue weighted by molar-refractivity contribution is 6.23. The smallest absolute Gasteiger partial charge is 0.242 e. The lowest BCUT2D eigenvalue weighted by Gasteiger charge is -2.37. The van der Waals surface area contributed by atoms with Gasteiger partial charge in [0.2, 0.25) is 5.91 Å². The van der Waals surface area contributed by atoms with E-state index in [1.807, 2.05) is 18.9 Å². The molecule has 2 saturated heterocycles. The van der Waals surface area contributed by atoms with Crippen molar-refractivity contribution in [3.8, 4) is 0 Å². The number of likely N-dealkylation sites (tertiary alicyclic amines) is 1. The highest BCUT2D eigenvalue weighted by atomic mass is 35.5. The van der Waals surface area contributed by atoms with E-state index in [2.05, 4.69) is 5.43 Å². The zero-order valence-electron chi connectivity index (χ0n) is 18.6. The van der Waals surface area contributed by atoms with Crippen molar-refractivity contribution in [2.24, 2.45) is 5.73 Å². The lowest BCUT2D eigenvalue weighted by Crippen LogP contribution is -2.55. The first-order valence-electron chi connectivity index (χ1n) is 11.9. The maximum atomic E-state index is 14.6. The van der Waals surface area contributed by atoms with Gasteiger partial charge >= 0.3 is 0 Å². The minimum atomic E-state index is -1.18. The van der Waals surface area contributed by atoms with Crippen LogP contribution < -0.4 is 11.2 Å². The summed E-state index contributed by atoms with van der Waals surface area (Å²) >= 11 is 6.63. The van der Waals surface area contributed by atoms with Gasteiger partial charge in [-0.05, 0) is 33.1 Å². The van der Waals surface area contributed by atoms with Gasteiger partial charge in [-0.15, -0.1) is 11.6 Å². The molecule has 5 atom stereocenters. The van der Waals surface area contributed by atoms with Gasteiger partial charge < -0.3 is 15.4 Å². The Morgan fingerprint density at radius 1 is 1.10 bits per heavy atom. The summed E-state index contributed by atoms with van der Waals surface area (Å²) in [7, 11) is 0. The monoisotopic (exact) mass is 446 g/mol. The van der Waals surface area contributed by atoms with Gasteiger partial charge in [-0.1, -0.05) is 44.9 Å². The number of carbonyl (C=O) groups excluding carboxylic acids is 1. The lowest BCUT2D eigenvalue weighted by atomic mass is 9.97. The van der Waals surface area contributed by atoms with Gasteiger partial charge in [0, 0.05) is 12.6 Å². The van der Waals surface area contributed by atoms with Crippen molar-refractivity contribution in [1.82, 2.24) is 15.3 Å². The number of nitrogens with zero attached hydrogens (tertiary/aromatic N) is 2. The van der Waals surface area contributed by atoms with Crippen molar-refractivity contribution in [1.29, 1.82) is 0 Å². The van der Waals surface area contributed by atoms with Crippen LogP contribution in [0, 0.1) is 0 Å². The normalized spacial score (nSPS) is 35.7. The molecular weight excluding hydrogens is 407 g/mol. The zero-order valence-corrected chi connectivity index (χ0v) is 19.3. The molecule has 8 heteroatoms. The van der Waals surface area contributed by atoms with Crippen molar-refractivity contribution in [3.63, 3.8) is 0 Å². The number of nitrogens with one attached hydrogen (secondary N) is 1. The lowest BCUT2D eigenvalue weighted by molar-refractivity contribution is -0.140. The van der Waals surface area contributed by atoms with E-state index in [4.69, 9.17) is 22.1 Å². The van der Waals surface area contributed by atoms with Crippen LogP contribution in [0.2, 0.25) is 0 Å². The number of alkyl halides is 2. The highest BCUT2D eigenvalue weighted by Gasteiger charge is 2.47. The minimum absolute atomic E-state index is 0.0250. The number of hydrogen-bond donors (Lipinski definition) is 2. The van der Waals surface area contributed by atoms with Crippen molar-refractivity contribution in [2.75, 3.05) is 13.1 Å². The molecule has 3 fully saturated rings. The highest BCUT2D eigenvalue weighted by Crippen LogP contribution is 2.28. The van der Waals surface area contributed by atoms with E-state index in [1.54, 1.807) is 4.90 Å². The Balaban J connectivity index is 1.59. The number of amides is 1. The Labute approximate surface area is 186 Å². The SMILES string of the molecule is CC(C)O[C@H]1CCN(C(=O)C2NN(C3CCCCCCCCC3)C(N)C2Cl)C[C@H]1F. The van der Waals surface area contributed by atoms with E-state index in [0.717, 1.165) is 12.8 Å². The van der Waals surface area contributed by atoms with E-state index in [0.29, 0.717) is 13.0 Å². The van der Waals surface area contributed by atoms with Gasteiger partial charge in [-0.3, -0.25) is 4.79 Å². The first-order chi connectivity index (χ1) is 14.4. The third-order valence-electron chi connectivity index (χ3n) is 6.73. The Kier molecular flexibility index (Phi) is 9.20. The minimum Gasteiger partial charge on any atom is -0.372 e. The zero-order chi connectivity index (χ0) is 21.7. The van der Waals surface area contributed by atoms with Crippen molar-refractivity contribution in [3.05, 3.63) is 0 Å². The summed E-state index contributed by atoms with van der Waals surface area (Å²) in [6.07, 6.45) is 9.34. The maximum absolute atomic E-state index is 14.6. The Bertz CT molecular complexity index is 545. The summed E-state index contributed by atoms with van der Waals surface area (Å²) in [6, 6.07) is -0.317. The van der Waals surface area contributed by atoms with Crippen molar-refractivity contribution in [2.45, 2.75) is 120 Å². The molecule has 1 aliphatic carbocycles. The molecule has 2 aliphatic heterocycles. The summed E-state index contributed by atoms with van der Waals surface area (Å²) in [5.41, 5.74) is 9.77. The van der Waals surface area contributed by atoms with Crippen LogP contribution in [-0.2, 0) is 9.53 Å². The van der Waals surface area contributed by atoms with Gasteiger partial charge in [0.05, 0.1) is 30.3 Å². The molecule has 0 aromatic rings. The van der Waals surface area contributed by atoms with Crippen LogP contribution >= 0.6 is 11.6 Å². The number of nitrogens with two attached hydrogens (primary N) is 1. The van der Waals surface area contributed by atoms with Gasteiger partial charge in [0.25, 0.3) is 0 Å². The number of piperidine rings is 1. The molecule has 2 heterocycles. The third-order valence-corrected chi connectivity index (χ3v) is 7.24. The second-order valence-electron chi connectivity index (χ2n) is 9.47. The fourth-order valence-corrected chi connectivity index (χ4v) is 5.34. The average molecular weight is 447 g/mol.